The highest BCUT2D eigenvalue weighted by molar-refractivity contribution is 7.10. The molecule has 3 heteroatoms. The number of halogens is 1. The van der Waals surface area contributed by atoms with Gasteiger partial charge in [0.1, 0.15) is 0 Å². The van der Waals surface area contributed by atoms with Gasteiger partial charge in [-0.15, -0.1) is 11.3 Å². The van der Waals surface area contributed by atoms with Gasteiger partial charge in [0, 0.05) is 22.5 Å². The molecule has 1 N–H and O–H groups in total. The van der Waals surface area contributed by atoms with Crippen molar-refractivity contribution in [2.45, 2.75) is 18.9 Å². The molecule has 1 heterocycles. The third-order valence-electron chi connectivity index (χ3n) is 2.46. The Morgan fingerprint density at radius 2 is 2.50 bits per heavy atom. The molecule has 2 rings (SSSR count). The molecule has 0 spiro atoms. The summed E-state index contributed by atoms with van der Waals surface area (Å²) in [6.07, 6.45) is 2.68. The number of hydrogen-bond acceptors (Lipinski definition) is 2. The van der Waals surface area contributed by atoms with Crippen LogP contribution in [-0.2, 0) is 0 Å². The smallest absolute Gasteiger partial charge is 0.0446 e. The second-order valence-electron chi connectivity index (χ2n) is 3.73. The predicted molar refractivity (Wildman–Crippen MR) is 62.8 cm³/mol. The zero-order valence-electron chi connectivity index (χ0n) is 8.00. The molecule has 0 radical (unpaired) electrons. The molecule has 1 aromatic rings. The number of hydrogen-bond donors (Lipinski definition) is 1. The van der Waals surface area contributed by atoms with Crippen LogP contribution in [0.2, 0.25) is 0 Å². The van der Waals surface area contributed by atoms with Crippen molar-refractivity contribution in [1.82, 2.24) is 5.32 Å². The van der Waals surface area contributed by atoms with Crippen LogP contribution in [0.4, 0.5) is 0 Å². The van der Waals surface area contributed by atoms with Crippen molar-refractivity contribution in [2.24, 2.45) is 5.92 Å². The van der Waals surface area contributed by atoms with E-state index in [1.807, 2.05) is 11.3 Å². The first-order chi connectivity index (χ1) is 6.77. The standard InChI is InChI=1S/C11H14ClNS/c1-8(12)7-13-11(9-4-5-9)10-3-2-6-14-10/h2-3,6,9,11,13H,1,4-5,7H2. The van der Waals surface area contributed by atoms with E-state index in [-0.39, 0.29) is 0 Å². The van der Waals surface area contributed by atoms with Gasteiger partial charge in [0.2, 0.25) is 0 Å². The Kier molecular flexibility index (Phi) is 3.26. The van der Waals surface area contributed by atoms with Crippen LogP contribution in [-0.4, -0.2) is 6.54 Å². The molecular formula is C11H14ClNS. The molecule has 1 atom stereocenters. The fourth-order valence-corrected chi connectivity index (χ4v) is 2.59. The summed E-state index contributed by atoms with van der Waals surface area (Å²) >= 11 is 7.57. The van der Waals surface area contributed by atoms with Crippen LogP contribution in [0.1, 0.15) is 23.8 Å². The van der Waals surface area contributed by atoms with E-state index in [0.717, 1.165) is 5.92 Å². The Bertz CT molecular complexity index is 303. The van der Waals surface area contributed by atoms with Crippen molar-refractivity contribution in [3.05, 3.63) is 34.0 Å². The van der Waals surface area contributed by atoms with E-state index in [9.17, 15) is 0 Å². The van der Waals surface area contributed by atoms with Gasteiger partial charge in [-0.25, -0.2) is 0 Å². The van der Waals surface area contributed by atoms with Gasteiger partial charge in [-0.1, -0.05) is 24.2 Å². The maximum absolute atomic E-state index is 5.75. The summed E-state index contributed by atoms with van der Waals surface area (Å²) in [5.41, 5.74) is 0. The average molecular weight is 228 g/mol. The average Bonchev–Trinajstić information content (AvgIpc) is 2.81. The van der Waals surface area contributed by atoms with E-state index in [2.05, 4.69) is 29.4 Å². The molecule has 0 amide bonds. The van der Waals surface area contributed by atoms with Crippen LogP contribution in [0.25, 0.3) is 0 Å². The van der Waals surface area contributed by atoms with Gasteiger partial charge in [0.15, 0.2) is 0 Å². The molecule has 0 aliphatic heterocycles. The molecule has 1 saturated carbocycles. The van der Waals surface area contributed by atoms with Crippen LogP contribution in [0, 0.1) is 5.92 Å². The third-order valence-corrected chi connectivity index (χ3v) is 3.55. The number of rotatable bonds is 5. The van der Waals surface area contributed by atoms with Crippen molar-refractivity contribution >= 4 is 22.9 Å². The van der Waals surface area contributed by atoms with Gasteiger partial charge in [-0.2, -0.15) is 0 Å². The topological polar surface area (TPSA) is 12.0 Å². The molecule has 1 unspecified atom stereocenters. The third kappa shape index (κ3) is 2.59. The summed E-state index contributed by atoms with van der Waals surface area (Å²) in [4.78, 5) is 1.42. The van der Waals surface area contributed by atoms with Crippen LogP contribution in [0.5, 0.6) is 0 Å². The lowest BCUT2D eigenvalue weighted by Gasteiger charge is -2.16. The van der Waals surface area contributed by atoms with Crippen LogP contribution in [0.3, 0.4) is 0 Å². The summed E-state index contributed by atoms with van der Waals surface area (Å²) in [6.45, 7) is 4.40. The van der Waals surface area contributed by atoms with Crippen LogP contribution in [0.15, 0.2) is 29.1 Å². The van der Waals surface area contributed by atoms with E-state index < -0.39 is 0 Å². The molecule has 0 aromatic carbocycles. The zero-order chi connectivity index (χ0) is 9.97. The Morgan fingerprint density at radius 3 is 3.00 bits per heavy atom. The quantitative estimate of drug-likeness (QED) is 0.812. The highest BCUT2D eigenvalue weighted by Gasteiger charge is 2.32. The lowest BCUT2D eigenvalue weighted by Crippen LogP contribution is -2.23. The van der Waals surface area contributed by atoms with Crippen LogP contribution < -0.4 is 5.32 Å². The summed E-state index contributed by atoms with van der Waals surface area (Å²) < 4.78 is 0. The lowest BCUT2D eigenvalue weighted by atomic mass is 10.1. The highest BCUT2D eigenvalue weighted by atomic mass is 35.5. The predicted octanol–water partition coefficient (Wildman–Crippen LogP) is 3.54. The molecule has 1 aliphatic carbocycles. The summed E-state index contributed by atoms with van der Waals surface area (Å²) in [5.74, 6) is 0.810. The SMILES string of the molecule is C=C(Cl)CNC(c1cccs1)C1CC1. The van der Waals surface area contributed by atoms with Gasteiger partial charge < -0.3 is 5.32 Å². The molecule has 0 bridgehead atoms. The van der Waals surface area contributed by atoms with Crippen molar-refractivity contribution in [3.8, 4) is 0 Å². The van der Waals surface area contributed by atoms with Crippen LogP contribution >= 0.6 is 22.9 Å². The summed E-state index contributed by atoms with van der Waals surface area (Å²) in [6, 6.07) is 4.79. The van der Waals surface area contributed by atoms with Gasteiger partial charge in [-0.05, 0) is 30.2 Å². The Morgan fingerprint density at radius 1 is 1.71 bits per heavy atom. The second kappa shape index (κ2) is 4.47. The first kappa shape index (κ1) is 10.2. The Hall–Kier alpha value is -0.310. The zero-order valence-corrected chi connectivity index (χ0v) is 9.57. The number of thiophene rings is 1. The molecule has 1 fully saturated rings. The Balaban J connectivity index is 1.97. The monoisotopic (exact) mass is 227 g/mol. The highest BCUT2D eigenvalue weighted by Crippen LogP contribution is 2.42. The fraction of sp³-hybridized carbons (Fsp3) is 0.455. The first-order valence-corrected chi connectivity index (χ1v) is 6.13. The molecule has 1 aromatic heterocycles. The first-order valence-electron chi connectivity index (χ1n) is 4.87. The molecule has 1 nitrogen and oxygen atoms in total. The molecule has 1 aliphatic rings. The van der Waals surface area contributed by atoms with E-state index >= 15 is 0 Å². The minimum absolute atomic E-state index is 0.491. The van der Waals surface area contributed by atoms with Crippen molar-refractivity contribution < 1.29 is 0 Å². The lowest BCUT2D eigenvalue weighted by molar-refractivity contribution is 0.514. The van der Waals surface area contributed by atoms with Gasteiger partial charge >= 0.3 is 0 Å². The van der Waals surface area contributed by atoms with Crippen molar-refractivity contribution in [3.63, 3.8) is 0 Å². The fourth-order valence-electron chi connectivity index (χ4n) is 1.62. The number of nitrogens with one attached hydrogen (secondary N) is 1. The van der Waals surface area contributed by atoms with Gasteiger partial charge in [0.25, 0.3) is 0 Å². The normalized spacial score (nSPS) is 18.1. The maximum Gasteiger partial charge on any atom is 0.0446 e. The van der Waals surface area contributed by atoms with E-state index in [0.29, 0.717) is 17.6 Å². The molecule has 14 heavy (non-hydrogen) atoms. The van der Waals surface area contributed by atoms with Gasteiger partial charge in [-0.3, -0.25) is 0 Å². The second-order valence-corrected chi connectivity index (χ2v) is 5.24. The van der Waals surface area contributed by atoms with Gasteiger partial charge in [0.05, 0.1) is 0 Å². The molecular weight excluding hydrogens is 214 g/mol. The van der Waals surface area contributed by atoms with E-state index in [1.165, 1.54) is 17.7 Å². The minimum Gasteiger partial charge on any atom is -0.304 e. The molecule has 0 saturated heterocycles. The van der Waals surface area contributed by atoms with E-state index in [4.69, 9.17) is 11.6 Å². The largest absolute Gasteiger partial charge is 0.304 e. The maximum atomic E-state index is 5.75. The van der Waals surface area contributed by atoms with Crippen molar-refractivity contribution in [2.75, 3.05) is 6.54 Å². The van der Waals surface area contributed by atoms with E-state index in [1.54, 1.807) is 0 Å². The summed E-state index contributed by atoms with van der Waals surface area (Å²) in [7, 11) is 0. The minimum atomic E-state index is 0.491. The summed E-state index contributed by atoms with van der Waals surface area (Å²) in [5, 5.41) is 6.28. The van der Waals surface area contributed by atoms with Crippen molar-refractivity contribution in [1.29, 1.82) is 0 Å². The molecule has 76 valence electrons. The Labute approximate surface area is 93.8 Å².